The van der Waals surface area contributed by atoms with E-state index in [1.165, 1.54) is 12.0 Å². The highest BCUT2D eigenvalue weighted by Crippen LogP contribution is 2.27. The van der Waals surface area contributed by atoms with Gasteiger partial charge >= 0.3 is 5.97 Å². The molecule has 1 amide bonds. The first kappa shape index (κ1) is 14.2. The maximum absolute atomic E-state index is 12.4. The molecule has 0 spiro atoms. The van der Waals surface area contributed by atoms with Crippen molar-refractivity contribution >= 4 is 17.7 Å². The average Bonchev–Trinajstić information content (AvgIpc) is 2.68. The number of hydrogen-bond donors (Lipinski definition) is 1. The Morgan fingerprint density at radius 3 is 2.40 bits per heavy atom. The second-order valence-electron chi connectivity index (χ2n) is 5.24. The molecule has 5 heteroatoms. The molecule has 0 aliphatic carbocycles. The first-order valence-corrected chi connectivity index (χ1v) is 6.56. The van der Waals surface area contributed by atoms with Crippen LogP contribution in [0.15, 0.2) is 24.3 Å². The maximum atomic E-state index is 12.4. The summed E-state index contributed by atoms with van der Waals surface area (Å²) in [5, 5.41) is 8.16. The predicted molar refractivity (Wildman–Crippen MR) is 74.7 cm³/mol. The van der Waals surface area contributed by atoms with E-state index in [1.807, 2.05) is 13.8 Å². The van der Waals surface area contributed by atoms with Gasteiger partial charge in [0.05, 0.1) is 12.7 Å². The summed E-state index contributed by atoms with van der Waals surface area (Å²) in [6.45, 7) is 3.93. The third-order valence-corrected chi connectivity index (χ3v) is 3.35. The number of rotatable bonds is 4. The van der Waals surface area contributed by atoms with Gasteiger partial charge in [-0.25, -0.2) is 4.79 Å². The molecule has 20 heavy (non-hydrogen) atoms. The van der Waals surface area contributed by atoms with Crippen molar-refractivity contribution in [3.63, 3.8) is 0 Å². The van der Waals surface area contributed by atoms with Crippen LogP contribution in [0.25, 0.3) is 0 Å². The van der Waals surface area contributed by atoms with Crippen LogP contribution in [0.4, 0.5) is 0 Å². The minimum absolute atomic E-state index is 0.0710. The Hall–Kier alpha value is -2.17. The number of carbonyl (C=O) groups excluding carboxylic acids is 2. The van der Waals surface area contributed by atoms with Crippen molar-refractivity contribution in [1.82, 2.24) is 4.90 Å². The van der Waals surface area contributed by atoms with Crippen LogP contribution in [0.2, 0.25) is 0 Å². The highest BCUT2D eigenvalue weighted by atomic mass is 16.5. The Morgan fingerprint density at radius 2 is 1.90 bits per heavy atom. The van der Waals surface area contributed by atoms with Gasteiger partial charge in [-0.1, -0.05) is 32.0 Å². The molecule has 1 aromatic carbocycles. The van der Waals surface area contributed by atoms with E-state index in [9.17, 15) is 9.59 Å². The lowest BCUT2D eigenvalue weighted by Gasteiger charge is -2.26. The van der Waals surface area contributed by atoms with Crippen molar-refractivity contribution in [2.75, 3.05) is 7.11 Å². The molecule has 1 aliphatic rings. The summed E-state index contributed by atoms with van der Waals surface area (Å²) in [6.07, 6.45) is 0.467. The molecule has 0 unspecified atom stereocenters. The second kappa shape index (κ2) is 5.45. The molecule has 0 fully saturated rings. The van der Waals surface area contributed by atoms with Gasteiger partial charge in [-0.2, -0.15) is 0 Å². The second-order valence-corrected chi connectivity index (χ2v) is 5.24. The Kier molecular flexibility index (Phi) is 3.88. The van der Waals surface area contributed by atoms with Crippen LogP contribution in [0.5, 0.6) is 0 Å². The highest BCUT2D eigenvalue weighted by molar-refractivity contribution is 6.23. The number of benzene rings is 1. The van der Waals surface area contributed by atoms with E-state index in [0.29, 0.717) is 17.5 Å². The van der Waals surface area contributed by atoms with Crippen LogP contribution in [-0.4, -0.2) is 35.8 Å². The van der Waals surface area contributed by atoms with Gasteiger partial charge in [0.15, 0.2) is 0 Å². The lowest BCUT2D eigenvalue weighted by atomic mass is 10.0. The molecule has 1 aliphatic heterocycles. The van der Waals surface area contributed by atoms with Crippen molar-refractivity contribution in [2.45, 2.75) is 26.3 Å². The van der Waals surface area contributed by atoms with Gasteiger partial charge in [-0.3, -0.25) is 15.1 Å². The number of nitrogens with zero attached hydrogens (tertiary/aromatic N) is 1. The summed E-state index contributed by atoms with van der Waals surface area (Å²) in [4.78, 5) is 25.6. The molecule has 106 valence electrons. The first-order valence-electron chi connectivity index (χ1n) is 6.56. The Labute approximate surface area is 118 Å². The standard InChI is InChI=1S/C15H18N2O3/c1-9(2)8-12(15(19)20-3)17-13(16)10-6-4-5-7-11(10)14(17)18/h4-7,9,12,16H,8H2,1-3H3/t12-/m0/s1. The van der Waals surface area contributed by atoms with Crippen molar-refractivity contribution in [2.24, 2.45) is 5.92 Å². The van der Waals surface area contributed by atoms with Gasteiger partial charge in [0.2, 0.25) is 0 Å². The zero-order valence-corrected chi connectivity index (χ0v) is 11.8. The number of esters is 1. The van der Waals surface area contributed by atoms with E-state index in [2.05, 4.69) is 0 Å². The van der Waals surface area contributed by atoms with Gasteiger partial charge in [0, 0.05) is 5.56 Å². The van der Waals surface area contributed by atoms with Gasteiger partial charge in [-0.15, -0.1) is 0 Å². The summed E-state index contributed by atoms with van der Waals surface area (Å²) in [5.74, 6) is -0.503. The van der Waals surface area contributed by atoms with E-state index in [1.54, 1.807) is 24.3 Å². The van der Waals surface area contributed by atoms with Crippen LogP contribution in [-0.2, 0) is 9.53 Å². The predicted octanol–water partition coefficient (Wildman–Crippen LogP) is 2.06. The van der Waals surface area contributed by atoms with Crippen molar-refractivity contribution < 1.29 is 14.3 Å². The summed E-state index contributed by atoms with van der Waals surface area (Å²) in [7, 11) is 1.30. The monoisotopic (exact) mass is 274 g/mol. The third kappa shape index (κ3) is 2.31. The van der Waals surface area contributed by atoms with Gasteiger partial charge in [-0.05, 0) is 18.4 Å². The molecule has 1 aromatic rings. The number of amides is 1. The van der Waals surface area contributed by atoms with Crippen molar-refractivity contribution in [3.05, 3.63) is 35.4 Å². The molecule has 2 rings (SSSR count). The minimum Gasteiger partial charge on any atom is -0.467 e. The molecular formula is C15H18N2O3. The Bertz CT molecular complexity index is 531. The molecule has 1 N–H and O–H groups in total. The number of nitrogens with one attached hydrogen (secondary N) is 1. The third-order valence-electron chi connectivity index (χ3n) is 3.35. The molecular weight excluding hydrogens is 256 g/mol. The van der Waals surface area contributed by atoms with E-state index < -0.39 is 12.0 Å². The number of amidine groups is 1. The fourth-order valence-electron chi connectivity index (χ4n) is 2.42. The molecule has 1 atom stereocenters. The van der Waals surface area contributed by atoms with E-state index in [4.69, 9.17) is 10.1 Å². The molecule has 0 radical (unpaired) electrons. The Morgan fingerprint density at radius 1 is 1.30 bits per heavy atom. The van der Waals surface area contributed by atoms with E-state index in [0.717, 1.165) is 0 Å². The summed E-state index contributed by atoms with van der Waals surface area (Å²) < 4.78 is 4.79. The van der Waals surface area contributed by atoms with Crippen LogP contribution in [0, 0.1) is 11.3 Å². The fraction of sp³-hybridized carbons (Fsp3) is 0.400. The Balaban J connectivity index is 2.39. The SMILES string of the molecule is COC(=O)[C@H](CC(C)C)N1C(=N)c2ccccc2C1=O. The number of carbonyl (C=O) groups is 2. The number of hydrogen-bond acceptors (Lipinski definition) is 4. The summed E-state index contributed by atoms with van der Waals surface area (Å²) in [6, 6.07) is 6.19. The topological polar surface area (TPSA) is 70.5 Å². The normalized spacial score (nSPS) is 15.5. The quantitative estimate of drug-likeness (QED) is 0.854. The van der Waals surface area contributed by atoms with Crippen molar-refractivity contribution in [1.29, 1.82) is 5.41 Å². The maximum Gasteiger partial charge on any atom is 0.329 e. The number of methoxy groups -OCH3 is 1. The van der Waals surface area contributed by atoms with Gasteiger partial charge in [0.25, 0.3) is 5.91 Å². The lowest BCUT2D eigenvalue weighted by molar-refractivity contribution is -0.145. The van der Waals surface area contributed by atoms with Crippen LogP contribution >= 0.6 is 0 Å². The van der Waals surface area contributed by atoms with E-state index in [-0.39, 0.29) is 17.7 Å². The van der Waals surface area contributed by atoms with Crippen molar-refractivity contribution in [3.8, 4) is 0 Å². The summed E-state index contributed by atoms with van der Waals surface area (Å²) >= 11 is 0. The van der Waals surface area contributed by atoms with Gasteiger partial charge in [0.1, 0.15) is 11.9 Å². The van der Waals surface area contributed by atoms with Crippen LogP contribution < -0.4 is 0 Å². The highest BCUT2D eigenvalue weighted by Gasteiger charge is 2.41. The molecule has 0 saturated heterocycles. The lowest BCUT2D eigenvalue weighted by Crippen LogP contribution is -2.46. The molecule has 0 saturated carbocycles. The molecule has 0 aromatic heterocycles. The fourth-order valence-corrected chi connectivity index (χ4v) is 2.42. The van der Waals surface area contributed by atoms with E-state index >= 15 is 0 Å². The van der Waals surface area contributed by atoms with Crippen LogP contribution in [0.1, 0.15) is 36.2 Å². The summed E-state index contributed by atoms with van der Waals surface area (Å²) in [5.41, 5.74) is 1.03. The largest absolute Gasteiger partial charge is 0.467 e. The number of ether oxygens (including phenoxy) is 1. The molecule has 1 heterocycles. The van der Waals surface area contributed by atoms with Crippen LogP contribution in [0.3, 0.4) is 0 Å². The average molecular weight is 274 g/mol. The smallest absolute Gasteiger partial charge is 0.329 e. The first-order chi connectivity index (χ1) is 9.47. The zero-order valence-electron chi connectivity index (χ0n) is 11.8. The zero-order chi connectivity index (χ0) is 14.9. The number of fused-ring (bicyclic) bond motifs is 1. The molecule has 0 bridgehead atoms. The minimum atomic E-state index is -0.743. The van der Waals surface area contributed by atoms with Gasteiger partial charge < -0.3 is 4.74 Å². The molecule has 5 nitrogen and oxygen atoms in total.